The Morgan fingerprint density at radius 2 is 1.67 bits per heavy atom. The topological polar surface area (TPSA) is 97.4 Å². The van der Waals surface area contributed by atoms with Gasteiger partial charge in [-0.2, -0.15) is 0 Å². The molecule has 0 aliphatic carbocycles. The first-order valence-corrected chi connectivity index (χ1v) is 7.24. The Labute approximate surface area is 138 Å². The van der Waals surface area contributed by atoms with Gasteiger partial charge in [0.05, 0.1) is 17.5 Å². The van der Waals surface area contributed by atoms with E-state index in [1.807, 2.05) is 18.2 Å². The molecule has 6 nitrogen and oxygen atoms in total. The summed E-state index contributed by atoms with van der Waals surface area (Å²) in [4.78, 5) is 24.6. The van der Waals surface area contributed by atoms with E-state index in [1.165, 1.54) is 18.4 Å². The molecule has 0 fully saturated rings. The number of amides is 2. The van der Waals surface area contributed by atoms with E-state index >= 15 is 0 Å². The van der Waals surface area contributed by atoms with Crippen LogP contribution in [-0.4, -0.2) is 11.8 Å². The second-order valence-electron chi connectivity index (χ2n) is 5.06. The lowest BCUT2D eigenvalue weighted by Gasteiger charge is -2.12. The summed E-state index contributed by atoms with van der Waals surface area (Å²) in [7, 11) is 0. The number of nitrogen functional groups attached to an aromatic ring is 1. The summed E-state index contributed by atoms with van der Waals surface area (Å²) in [5.74, 6) is -0.664. The Kier molecular flexibility index (Phi) is 4.29. The first-order valence-electron chi connectivity index (χ1n) is 7.24. The minimum Gasteiger partial charge on any atom is -0.459 e. The van der Waals surface area contributed by atoms with E-state index < -0.39 is 5.91 Å². The van der Waals surface area contributed by atoms with Crippen LogP contribution in [0.3, 0.4) is 0 Å². The van der Waals surface area contributed by atoms with Crippen LogP contribution in [0.4, 0.5) is 17.1 Å². The standard InChI is InChI=1S/C18H15N3O3/c19-12-8-9-15(21-18(23)16-7-4-10-24-16)14(11-12)17(22)20-13-5-2-1-3-6-13/h1-11H,19H2,(H,20,22)(H,21,23). The van der Waals surface area contributed by atoms with Crippen LogP contribution < -0.4 is 16.4 Å². The summed E-state index contributed by atoms with van der Waals surface area (Å²) in [6, 6.07) is 16.9. The van der Waals surface area contributed by atoms with Crippen LogP contribution in [0.2, 0.25) is 0 Å². The highest BCUT2D eigenvalue weighted by Crippen LogP contribution is 2.21. The first-order chi connectivity index (χ1) is 11.6. The minimum atomic E-state index is -0.446. The van der Waals surface area contributed by atoms with Crippen LogP contribution in [0, 0.1) is 0 Å². The molecule has 0 atom stereocenters. The Bertz CT molecular complexity index is 858. The number of hydrogen-bond acceptors (Lipinski definition) is 4. The number of carbonyl (C=O) groups excluding carboxylic acids is 2. The van der Waals surface area contributed by atoms with Crippen LogP contribution >= 0.6 is 0 Å². The molecular weight excluding hydrogens is 306 g/mol. The number of nitrogens with two attached hydrogens (primary N) is 1. The predicted octanol–water partition coefficient (Wildman–Crippen LogP) is 3.37. The second kappa shape index (κ2) is 6.70. The summed E-state index contributed by atoms with van der Waals surface area (Å²) in [6.07, 6.45) is 1.40. The van der Waals surface area contributed by atoms with E-state index in [9.17, 15) is 9.59 Å². The summed E-state index contributed by atoms with van der Waals surface area (Å²) in [5.41, 5.74) is 7.45. The average molecular weight is 321 g/mol. The molecule has 3 aromatic rings. The lowest BCUT2D eigenvalue weighted by atomic mass is 10.1. The Morgan fingerprint density at radius 3 is 2.38 bits per heavy atom. The Balaban J connectivity index is 1.85. The van der Waals surface area contributed by atoms with Gasteiger partial charge in [0.25, 0.3) is 11.8 Å². The van der Waals surface area contributed by atoms with E-state index in [4.69, 9.17) is 10.2 Å². The molecule has 1 aromatic heterocycles. The van der Waals surface area contributed by atoms with Crippen molar-refractivity contribution in [3.8, 4) is 0 Å². The molecule has 0 unspecified atom stereocenters. The van der Waals surface area contributed by atoms with Crippen molar-refractivity contribution in [2.75, 3.05) is 16.4 Å². The van der Waals surface area contributed by atoms with E-state index in [1.54, 1.807) is 30.3 Å². The minimum absolute atomic E-state index is 0.154. The zero-order valence-electron chi connectivity index (χ0n) is 12.7. The summed E-state index contributed by atoms with van der Waals surface area (Å²) < 4.78 is 5.05. The van der Waals surface area contributed by atoms with Crippen molar-refractivity contribution < 1.29 is 14.0 Å². The zero-order valence-corrected chi connectivity index (χ0v) is 12.7. The number of anilines is 3. The van der Waals surface area contributed by atoms with Gasteiger partial charge in [0.1, 0.15) is 0 Å². The number of benzene rings is 2. The predicted molar refractivity (Wildman–Crippen MR) is 91.9 cm³/mol. The molecule has 4 N–H and O–H groups in total. The van der Waals surface area contributed by atoms with Gasteiger partial charge in [-0.1, -0.05) is 18.2 Å². The van der Waals surface area contributed by atoms with Crippen molar-refractivity contribution >= 4 is 28.9 Å². The monoisotopic (exact) mass is 321 g/mol. The maximum Gasteiger partial charge on any atom is 0.291 e. The van der Waals surface area contributed by atoms with E-state index in [0.717, 1.165) is 0 Å². The quantitative estimate of drug-likeness (QED) is 0.642. The number of carbonyl (C=O) groups is 2. The van der Waals surface area contributed by atoms with E-state index in [2.05, 4.69) is 10.6 Å². The first kappa shape index (κ1) is 15.4. The van der Waals surface area contributed by atoms with Crippen LogP contribution in [0.15, 0.2) is 71.3 Å². The van der Waals surface area contributed by atoms with Crippen LogP contribution in [-0.2, 0) is 0 Å². The van der Waals surface area contributed by atoms with Gasteiger partial charge < -0.3 is 20.8 Å². The molecule has 0 bridgehead atoms. The van der Waals surface area contributed by atoms with Gasteiger partial charge in [-0.05, 0) is 42.5 Å². The molecule has 3 rings (SSSR count). The highest BCUT2D eigenvalue weighted by atomic mass is 16.3. The molecule has 0 radical (unpaired) electrons. The molecule has 0 aliphatic heterocycles. The van der Waals surface area contributed by atoms with E-state index in [-0.39, 0.29) is 17.2 Å². The maximum absolute atomic E-state index is 12.5. The highest BCUT2D eigenvalue weighted by molar-refractivity contribution is 6.12. The third-order valence-electron chi connectivity index (χ3n) is 3.31. The van der Waals surface area contributed by atoms with Crippen molar-refractivity contribution in [3.63, 3.8) is 0 Å². The SMILES string of the molecule is Nc1ccc(NC(=O)c2ccco2)c(C(=O)Nc2ccccc2)c1. The molecule has 120 valence electrons. The molecule has 1 heterocycles. The molecule has 6 heteroatoms. The molecular formula is C18H15N3O3. The van der Waals surface area contributed by atoms with Crippen molar-refractivity contribution in [1.82, 2.24) is 0 Å². The van der Waals surface area contributed by atoms with Gasteiger partial charge >= 0.3 is 0 Å². The molecule has 0 saturated carbocycles. The molecule has 24 heavy (non-hydrogen) atoms. The van der Waals surface area contributed by atoms with Gasteiger partial charge in [0.15, 0.2) is 5.76 Å². The lowest BCUT2D eigenvalue weighted by molar-refractivity contribution is 0.0996. The van der Waals surface area contributed by atoms with Crippen LogP contribution in [0.5, 0.6) is 0 Å². The second-order valence-corrected chi connectivity index (χ2v) is 5.06. The molecule has 2 aromatic carbocycles. The fraction of sp³-hybridized carbons (Fsp3) is 0. The van der Waals surface area contributed by atoms with Crippen LogP contribution in [0.25, 0.3) is 0 Å². The smallest absolute Gasteiger partial charge is 0.291 e. The number of rotatable bonds is 4. The fourth-order valence-electron chi connectivity index (χ4n) is 2.17. The summed E-state index contributed by atoms with van der Waals surface area (Å²) >= 11 is 0. The van der Waals surface area contributed by atoms with E-state index in [0.29, 0.717) is 17.1 Å². The van der Waals surface area contributed by atoms with Gasteiger partial charge in [0.2, 0.25) is 0 Å². The highest BCUT2D eigenvalue weighted by Gasteiger charge is 2.16. The molecule has 0 spiro atoms. The largest absolute Gasteiger partial charge is 0.459 e. The van der Waals surface area contributed by atoms with Crippen LogP contribution in [0.1, 0.15) is 20.9 Å². The summed E-state index contributed by atoms with van der Waals surface area (Å²) in [6.45, 7) is 0. The molecule has 2 amide bonds. The fourth-order valence-corrected chi connectivity index (χ4v) is 2.17. The van der Waals surface area contributed by atoms with Crippen molar-refractivity contribution in [2.24, 2.45) is 0 Å². The number of para-hydroxylation sites is 1. The number of furan rings is 1. The third kappa shape index (κ3) is 3.44. The van der Waals surface area contributed by atoms with Gasteiger partial charge in [-0.25, -0.2) is 0 Å². The maximum atomic E-state index is 12.5. The lowest BCUT2D eigenvalue weighted by Crippen LogP contribution is -2.18. The normalized spacial score (nSPS) is 10.2. The number of nitrogens with one attached hydrogen (secondary N) is 2. The Morgan fingerprint density at radius 1 is 0.875 bits per heavy atom. The molecule has 0 saturated heterocycles. The zero-order chi connectivity index (χ0) is 16.9. The van der Waals surface area contributed by atoms with Gasteiger partial charge in [-0.15, -0.1) is 0 Å². The molecule has 0 aliphatic rings. The summed E-state index contributed by atoms with van der Waals surface area (Å²) in [5, 5.41) is 5.42. The average Bonchev–Trinajstić information content (AvgIpc) is 3.12. The third-order valence-corrected chi connectivity index (χ3v) is 3.31. The number of hydrogen-bond donors (Lipinski definition) is 3. The van der Waals surface area contributed by atoms with Gasteiger partial charge in [-0.3, -0.25) is 9.59 Å². The van der Waals surface area contributed by atoms with Crippen molar-refractivity contribution in [3.05, 3.63) is 78.3 Å². The van der Waals surface area contributed by atoms with Crippen molar-refractivity contribution in [1.29, 1.82) is 0 Å². The Hall–Kier alpha value is -3.54. The van der Waals surface area contributed by atoms with Gasteiger partial charge in [0, 0.05) is 11.4 Å². The van der Waals surface area contributed by atoms with Crippen molar-refractivity contribution in [2.45, 2.75) is 0 Å².